The third-order valence-electron chi connectivity index (χ3n) is 2.00. The van der Waals surface area contributed by atoms with E-state index in [9.17, 15) is 10.1 Å². The van der Waals surface area contributed by atoms with E-state index in [0.717, 1.165) is 25.1 Å². The molecule has 0 aliphatic carbocycles. The summed E-state index contributed by atoms with van der Waals surface area (Å²) in [5.41, 5.74) is 0. The molecule has 13 heavy (non-hydrogen) atoms. The average molecular weight is 183 g/mol. The second-order valence-corrected chi connectivity index (χ2v) is 2.95. The van der Waals surface area contributed by atoms with Crippen LogP contribution in [0.1, 0.15) is 25.6 Å². The fourth-order valence-corrected chi connectivity index (χ4v) is 1.17. The van der Waals surface area contributed by atoms with E-state index in [2.05, 4.69) is 11.9 Å². The minimum absolute atomic E-state index is 0.0612. The molecule has 1 rings (SSSR count). The van der Waals surface area contributed by atoms with Crippen molar-refractivity contribution in [2.75, 3.05) is 0 Å². The summed E-state index contributed by atoms with van der Waals surface area (Å²) >= 11 is 0. The van der Waals surface area contributed by atoms with Gasteiger partial charge in [0.2, 0.25) is 0 Å². The van der Waals surface area contributed by atoms with Crippen molar-refractivity contribution in [3.05, 3.63) is 22.1 Å². The smallest absolute Gasteiger partial charge is 0.342 e. The normalized spacial score (nSPS) is 10.3. The number of aryl methyl sites for hydroxylation is 1. The second kappa shape index (κ2) is 4.02. The molecule has 0 N–H and O–H groups in total. The van der Waals surface area contributed by atoms with Gasteiger partial charge in [0.05, 0.1) is 7.05 Å². The molecule has 1 heterocycles. The standard InChI is InChI=1S/C8H13N3O2/c1-3-4-5-7-9-6-8(10(7)2)11(12)13/h6H,3-5H2,1-2H3. The molecule has 1 aromatic rings. The molecule has 0 aliphatic heterocycles. The Labute approximate surface area is 76.5 Å². The van der Waals surface area contributed by atoms with Gasteiger partial charge in [-0.25, -0.2) is 9.55 Å². The lowest BCUT2D eigenvalue weighted by Crippen LogP contribution is -2.01. The van der Waals surface area contributed by atoms with Crippen molar-refractivity contribution >= 4 is 5.82 Å². The predicted molar refractivity (Wildman–Crippen MR) is 48.5 cm³/mol. The topological polar surface area (TPSA) is 61.0 Å². The van der Waals surface area contributed by atoms with E-state index in [1.54, 1.807) is 7.05 Å². The molecule has 0 unspecified atom stereocenters. The van der Waals surface area contributed by atoms with Gasteiger partial charge in [-0.15, -0.1) is 0 Å². The minimum atomic E-state index is -0.414. The Kier molecular flexibility index (Phi) is 3.00. The first-order chi connectivity index (χ1) is 6.16. The molecule has 0 atom stereocenters. The number of nitro groups is 1. The highest BCUT2D eigenvalue weighted by Crippen LogP contribution is 2.13. The summed E-state index contributed by atoms with van der Waals surface area (Å²) < 4.78 is 1.54. The molecular formula is C8H13N3O2. The lowest BCUT2D eigenvalue weighted by atomic mass is 10.2. The van der Waals surface area contributed by atoms with E-state index < -0.39 is 4.92 Å². The van der Waals surface area contributed by atoms with Gasteiger partial charge in [-0.1, -0.05) is 13.3 Å². The van der Waals surface area contributed by atoms with Crippen molar-refractivity contribution in [3.8, 4) is 0 Å². The lowest BCUT2D eigenvalue weighted by Gasteiger charge is -1.96. The maximum atomic E-state index is 10.5. The van der Waals surface area contributed by atoms with E-state index in [1.165, 1.54) is 10.8 Å². The molecule has 0 fully saturated rings. The highest BCUT2D eigenvalue weighted by atomic mass is 16.6. The highest BCUT2D eigenvalue weighted by molar-refractivity contribution is 5.18. The summed E-state index contributed by atoms with van der Waals surface area (Å²) in [6.45, 7) is 2.08. The first kappa shape index (κ1) is 9.70. The molecule has 0 amide bonds. The van der Waals surface area contributed by atoms with E-state index in [-0.39, 0.29) is 5.82 Å². The molecule has 5 nitrogen and oxygen atoms in total. The van der Waals surface area contributed by atoms with Crippen LogP contribution in [0.2, 0.25) is 0 Å². The van der Waals surface area contributed by atoms with Gasteiger partial charge < -0.3 is 10.1 Å². The summed E-state index contributed by atoms with van der Waals surface area (Å²) in [5, 5.41) is 10.5. The van der Waals surface area contributed by atoms with Crippen LogP contribution in [0.25, 0.3) is 0 Å². The molecular weight excluding hydrogens is 170 g/mol. The van der Waals surface area contributed by atoms with Crippen LogP contribution in [-0.2, 0) is 13.5 Å². The zero-order valence-electron chi connectivity index (χ0n) is 7.86. The van der Waals surface area contributed by atoms with Crippen LogP contribution in [-0.4, -0.2) is 14.5 Å². The number of nitrogens with zero attached hydrogens (tertiary/aromatic N) is 3. The SMILES string of the molecule is CCCCc1ncc([N+](=O)[O-])n1C. The monoisotopic (exact) mass is 183 g/mol. The first-order valence-corrected chi connectivity index (χ1v) is 4.31. The van der Waals surface area contributed by atoms with Crippen LogP contribution in [0, 0.1) is 10.1 Å². The Balaban J connectivity index is 2.80. The number of hydrogen-bond donors (Lipinski definition) is 0. The number of rotatable bonds is 4. The number of imidazole rings is 1. The Morgan fingerprint density at radius 3 is 2.85 bits per heavy atom. The predicted octanol–water partition coefficient (Wildman–Crippen LogP) is 1.67. The van der Waals surface area contributed by atoms with Gasteiger partial charge in [0.15, 0.2) is 5.82 Å². The molecule has 1 aromatic heterocycles. The van der Waals surface area contributed by atoms with Gasteiger partial charge in [-0.2, -0.15) is 0 Å². The first-order valence-electron chi connectivity index (χ1n) is 4.31. The van der Waals surface area contributed by atoms with Crippen molar-refractivity contribution in [2.45, 2.75) is 26.2 Å². The molecule has 5 heteroatoms. The molecule has 0 saturated heterocycles. The molecule has 0 radical (unpaired) electrons. The summed E-state index contributed by atoms with van der Waals surface area (Å²) in [4.78, 5) is 14.0. The number of aromatic nitrogens is 2. The Hall–Kier alpha value is -1.39. The zero-order chi connectivity index (χ0) is 9.84. The van der Waals surface area contributed by atoms with Gasteiger partial charge in [-0.05, 0) is 11.3 Å². The van der Waals surface area contributed by atoms with Crippen molar-refractivity contribution in [3.63, 3.8) is 0 Å². The molecule has 0 bridgehead atoms. The van der Waals surface area contributed by atoms with Gasteiger partial charge in [-0.3, -0.25) is 0 Å². The van der Waals surface area contributed by atoms with Crippen molar-refractivity contribution < 1.29 is 4.92 Å². The maximum absolute atomic E-state index is 10.5. The molecule has 0 saturated carbocycles. The highest BCUT2D eigenvalue weighted by Gasteiger charge is 2.15. The summed E-state index contributed by atoms with van der Waals surface area (Å²) in [7, 11) is 1.68. The summed E-state index contributed by atoms with van der Waals surface area (Å²) in [5.74, 6) is 0.847. The Morgan fingerprint density at radius 1 is 1.69 bits per heavy atom. The van der Waals surface area contributed by atoms with Gasteiger partial charge in [0.25, 0.3) is 0 Å². The van der Waals surface area contributed by atoms with Crippen molar-refractivity contribution in [1.29, 1.82) is 0 Å². The Morgan fingerprint density at radius 2 is 2.38 bits per heavy atom. The van der Waals surface area contributed by atoms with Crippen molar-refractivity contribution in [2.24, 2.45) is 7.05 Å². The molecule has 0 aliphatic rings. The summed E-state index contributed by atoms with van der Waals surface area (Å²) in [6.07, 6.45) is 4.20. The van der Waals surface area contributed by atoms with Crippen LogP contribution in [0.5, 0.6) is 0 Å². The number of unbranched alkanes of at least 4 members (excludes halogenated alkanes) is 1. The van der Waals surface area contributed by atoms with Crippen LogP contribution in [0.3, 0.4) is 0 Å². The van der Waals surface area contributed by atoms with E-state index in [0.29, 0.717) is 0 Å². The van der Waals surface area contributed by atoms with E-state index >= 15 is 0 Å². The quantitative estimate of drug-likeness (QED) is 0.527. The van der Waals surface area contributed by atoms with Gasteiger partial charge in [0.1, 0.15) is 6.20 Å². The van der Waals surface area contributed by atoms with Crippen molar-refractivity contribution in [1.82, 2.24) is 9.55 Å². The average Bonchev–Trinajstić information content (AvgIpc) is 2.43. The maximum Gasteiger partial charge on any atom is 0.342 e. The van der Waals surface area contributed by atoms with Crippen LogP contribution < -0.4 is 0 Å². The molecule has 72 valence electrons. The van der Waals surface area contributed by atoms with Crippen LogP contribution in [0.4, 0.5) is 5.82 Å². The minimum Gasteiger partial charge on any atom is -0.358 e. The van der Waals surface area contributed by atoms with E-state index in [4.69, 9.17) is 0 Å². The molecule has 0 spiro atoms. The Bertz CT molecular complexity index is 306. The molecule has 0 aromatic carbocycles. The lowest BCUT2D eigenvalue weighted by molar-refractivity contribution is -0.391. The van der Waals surface area contributed by atoms with Gasteiger partial charge >= 0.3 is 5.82 Å². The largest absolute Gasteiger partial charge is 0.358 e. The zero-order valence-corrected chi connectivity index (χ0v) is 7.86. The van der Waals surface area contributed by atoms with Crippen LogP contribution >= 0.6 is 0 Å². The third kappa shape index (κ3) is 2.05. The summed E-state index contributed by atoms with van der Waals surface area (Å²) in [6, 6.07) is 0. The third-order valence-corrected chi connectivity index (χ3v) is 2.00. The van der Waals surface area contributed by atoms with E-state index in [1.807, 2.05) is 0 Å². The number of hydrogen-bond acceptors (Lipinski definition) is 3. The fourth-order valence-electron chi connectivity index (χ4n) is 1.17. The second-order valence-electron chi connectivity index (χ2n) is 2.95. The van der Waals surface area contributed by atoms with Crippen LogP contribution in [0.15, 0.2) is 6.20 Å². The fraction of sp³-hybridized carbons (Fsp3) is 0.625. The van der Waals surface area contributed by atoms with Gasteiger partial charge in [0, 0.05) is 6.42 Å².